The van der Waals surface area contributed by atoms with Crippen molar-refractivity contribution in [3.05, 3.63) is 35.9 Å². The molecule has 3 heteroatoms. The second-order valence-electron chi connectivity index (χ2n) is 4.75. The maximum absolute atomic E-state index is 11.5. The summed E-state index contributed by atoms with van der Waals surface area (Å²) in [6.07, 6.45) is 1.18. The molecule has 0 saturated heterocycles. The summed E-state index contributed by atoms with van der Waals surface area (Å²) in [7, 11) is 0. The van der Waals surface area contributed by atoms with E-state index in [2.05, 4.69) is 19.2 Å². The zero-order chi connectivity index (χ0) is 12.7. The summed E-state index contributed by atoms with van der Waals surface area (Å²) in [5, 5.41) is 2.89. The van der Waals surface area contributed by atoms with Crippen LogP contribution >= 0.6 is 0 Å². The number of nitrogens with one attached hydrogen (secondary N) is 1. The summed E-state index contributed by atoms with van der Waals surface area (Å²) in [4.78, 5) is 11.5. The molecule has 1 atom stereocenters. The third kappa shape index (κ3) is 5.50. The highest BCUT2D eigenvalue weighted by Gasteiger charge is 2.08. The van der Waals surface area contributed by atoms with Gasteiger partial charge in [0, 0.05) is 19.0 Å². The Bertz CT molecular complexity index is 335. The summed E-state index contributed by atoms with van der Waals surface area (Å²) in [6.45, 7) is 4.89. The Labute approximate surface area is 103 Å². The molecule has 1 rings (SSSR count). The lowest BCUT2D eigenvalue weighted by atomic mass is 10.0. The van der Waals surface area contributed by atoms with Gasteiger partial charge in [-0.05, 0) is 17.9 Å². The van der Waals surface area contributed by atoms with Crippen molar-refractivity contribution in [3.8, 4) is 0 Å². The van der Waals surface area contributed by atoms with Crippen LogP contribution in [0.3, 0.4) is 0 Å². The van der Waals surface area contributed by atoms with Gasteiger partial charge in [0.15, 0.2) is 0 Å². The van der Waals surface area contributed by atoms with Crippen LogP contribution in [0, 0.1) is 5.92 Å². The lowest BCUT2D eigenvalue weighted by Gasteiger charge is -2.12. The van der Waals surface area contributed by atoms with Gasteiger partial charge in [-0.2, -0.15) is 0 Å². The van der Waals surface area contributed by atoms with Crippen LogP contribution < -0.4 is 11.1 Å². The number of carbonyl (C=O) groups excluding carboxylic acids is 1. The van der Waals surface area contributed by atoms with Crippen molar-refractivity contribution in [1.82, 2.24) is 5.32 Å². The fourth-order valence-corrected chi connectivity index (χ4v) is 1.56. The maximum Gasteiger partial charge on any atom is 0.220 e. The van der Waals surface area contributed by atoms with Crippen LogP contribution in [0.15, 0.2) is 30.3 Å². The minimum atomic E-state index is -0.0546. The van der Waals surface area contributed by atoms with E-state index in [1.54, 1.807) is 0 Å². The van der Waals surface area contributed by atoms with E-state index in [0.717, 1.165) is 12.1 Å². The van der Waals surface area contributed by atoms with E-state index < -0.39 is 0 Å². The predicted molar refractivity (Wildman–Crippen MR) is 70.5 cm³/mol. The van der Waals surface area contributed by atoms with E-state index in [1.165, 1.54) is 0 Å². The van der Waals surface area contributed by atoms with Gasteiger partial charge in [0.2, 0.25) is 5.91 Å². The Morgan fingerprint density at radius 1 is 1.29 bits per heavy atom. The molecular formula is C14H22N2O. The predicted octanol–water partition coefficient (Wildman–Crippen LogP) is 2.24. The fraction of sp³-hybridized carbons (Fsp3) is 0.500. The fourth-order valence-electron chi connectivity index (χ4n) is 1.56. The number of nitrogens with two attached hydrogens (primary N) is 1. The Morgan fingerprint density at radius 2 is 1.94 bits per heavy atom. The van der Waals surface area contributed by atoms with Gasteiger partial charge < -0.3 is 11.1 Å². The minimum absolute atomic E-state index is 0.0546. The molecule has 0 saturated carbocycles. The van der Waals surface area contributed by atoms with Gasteiger partial charge in [0.25, 0.3) is 0 Å². The SMILES string of the molecule is CC(C)CNC(=O)CCC(N)c1ccccc1. The first-order valence-electron chi connectivity index (χ1n) is 6.17. The van der Waals surface area contributed by atoms with Gasteiger partial charge in [-0.25, -0.2) is 0 Å². The molecule has 3 nitrogen and oxygen atoms in total. The van der Waals surface area contributed by atoms with Crippen molar-refractivity contribution in [3.63, 3.8) is 0 Å². The highest BCUT2D eigenvalue weighted by atomic mass is 16.1. The van der Waals surface area contributed by atoms with Gasteiger partial charge in [-0.1, -0.05) is 44.2 Å². The largest absolute Gasteiger partial charge is 0.356 e. The van der Waals surface area contributed by atoms with E-state index in [4.69, 9.17) is 5.73 Å². The molecule has 94 valence electrons. The van der Waals surface area contributed by atoms with Crippen molar-refractivity contribution in [2.24, 2.45) is 11.7 Å². The minimum Gasteiger partial charge on any atom is -0.356 e. The van der Waals surface area contributed by atoms with E-state index in [1.807, 2.05) is 30.3 Å². The number of amides is 1. The van der Waals surface area contributed by atoms with Crippen molar-refractivity contribution < 1.29 is 4.79 Å². The van der Waals surface area contributed by atoms with Crippen LogP contribution in [0.25, 0.3) is 0 Å². The van der Waals surface area contributed by atoms with Gasteiger partial charge in [-0.3, -0.25) is 4.79 Å². The number of hydrogen-bond acceptors (Lipinski definition) is 2. The van der Waals surface area contributed by atoms with Crippen molar-refractivity contribution >= 4 is 5.91 Å². The van der Waals surface area contributed by atoms with Crippen LogP contribution in [-0.2, 0) is 4.79 Å². The van der Waals surface area contributed by atoms with Crippen LogP contribution in [-0.4, -0.2) is 12.5 Å². The third-order valence-corrected chi connectivity index (χ3v) is 2.62. The summed E-state index contributed by atoms with van der Waals surface area (Å²) < 4.78 is 0. The highest BCUT2D eigenvalue weighted by molar-refractivity contribution is 5.75. The molecule has 0 bridgehead atoms. The molecule has 17 heavy (non-hydrogen) atoms. The summed E-state index contributed by atoms with van der Waals surface area (Å²) in [5.41, 5.74) is 7.11. The molecule has 1 amide bonds. The average Bonchev–Trinajstić information content (AvgIpc) is 2.34. The van der Waals surface area contributed by atoms with Gasteiger partial charge in [0.1, 0.15) is 0 Å². The van der Waals surface area contributed by atoms with Crippen molar-refractivity contribution in [2.75, 3.05) is 6.54 Å². The Hall–Kier alpha value is -1.35. The molecule has 1 aromatic carbocycles. The van der Waals surface area contributed by atoms with Crippen molar-refractivity contribution in [2.45, 2.75) is 32.7 Å². The molecule has 0 aliphatic rings. The smallest absolute Gasteiger partial charge is 0.220 e. The number of benzene rings is 1. The molecule has 1 aromatic rings. The molecule has 0 aliphatic heterocycles. The zero-order valence-corrected chi connectivity index (χ0v) is 10.6. The van der Waals surface area contributed by atoms with E-state index in [9.17, 15) is 4.79 Å². The second-order valence-corrected chi connectivity index (χ2v) is 4.75. The lowest BCUT2D eigenvalue weighted by molar-refractivity contribution is -0.121. The van der Waals surface area contributed by atoms with Crippen LogP contribution in [0.1, 0.15) is 38.3 Å². The van der Waals surface area contributed by atoms with E-state index >= 15 is 0 Å². The first kappa shape index (κ1) is 13.7. The molecule has 0 spiro atoms. The molecule has 0 fully saturated rings. The Kier molecular flexibility index (Phi) is 5.70. The molecular weight excluding hydrogens is 212 g/mol. The first-order valence-corrected chi connectivity index (χ1v) is 6.17. The van der Waals surface area contributed by atoms with E-state index in [0.29, 0.717) is 18.8 Å². The van der Waals surface area contributed by atoms with Crippen LogP contribution in [0.5, 0.6) is 0 Å². The summed E-state index contributed by atoms with van der Waals surface area (Å²) >= 11 is 0. The zero-order valence-electron chi connectivity index (χ0n) is 10.6. The van der Waals surface area contributed by atoms with Gasteiger partial charge >= 0.3 is 0 Å². The highest BCUT2D eigenvalue weighted by Crippen LogP contribution is 2.14. The number of carbonyl (C=O) groups is 1. The summed E-state index contributed by atoms with van der Waals surface area (Å²) in [6, 6.07) is 9.84. The molecule has 0 radical (unpaired) electrons. The quantitative estimate of drug-likeness (QED) is 0.793. The van der Waals surface area contributed by atoms with Gasteiger partial charge in [-0.15, -0.1) is 0 Å². The molecule has 3 N–H and O–H groups in total. The average molecular weight is 234 g/mol. The van der Waals surface area contributed by atoms with Crippen molar-refractivity contribution in [1.29, 1.82) is 0 Å². The molecule has 1 unspecified atom stereocenters. The Balaban J connectivity index is 2.29. The van der Waals surface area contributed by atoms with E-state index in [-0.39, 0.29) is 11.9 Å². The topological polar surface area (TPSA) is 55.1 Å². The lowest BCUT2D eigenvalue weighted by Crippen LogP contribution is -2.28. The monoisotopic (exact) mass is 234 g/mol. The Morgan fingerprint density at radius 3 is 2.53 bits per heavy atom. The standard InChI is InChI=1S/C14H22N2O/c1-11(2)10-16-14(17)9-8-13(15)12-6-4-3-5-7-12/h3-7,11,13H,8-10,15H2,1-2H3,(H,16,17). The number of hydrogen-bond donors (Lipinski definition) is 2. The molecule has 0 aromatic heterocycles. The van der Waals surface area contributed by atoms with Gasteiger partial charge in [0.05, 0.1) is 0 Å². The van der Waals surface area contributed by atoms with Crippen LogP contribution in [0.4, 0.5) is 0 Å². The molecule has 0 heterocycles. The first-order chi connectivity index (χ1) is 8.09. The third-order valence-electron chi connectivity index (χ3n) is 2.62. The van der Waals surface area contributed by atoms with Crippen LogP contribution in [0.2, 0.25) is 0 Å². The summed E-state index contributed by atoms with van der Waals surface area (Å²) in [5.74, 6) is 0.576. The normalized spacial score (nSPS) is 12.5. The molecule has 0 aliphatic carbocycles. The number of rotatable bonds is 6. The maximum atomic E-state index is 11.5. The second kappa shape index (κ2) is 7.07.